The molecule has 0 radical (unpaired) electrons. The van der Waals surface area contributed by atoms with Crippen molar-refractivity contribution in [3.05, 3.63) is 65.0 Å². The first-order valence-corrected chi connectivity index (χ1v) is 8.15. The van der Waals surface area contributed by atoms with Crippen LogP contribution < -0.4 is 5.32 Å². The van der Waals surface area contributed by atoms with E-state index in [2.05, 4.69) is 17.2 Å². The number of carbonyl (C=O) groups is 1. The quantitative estimate of drug-likeness (QED) is 0.886. The second-order valence-corrected chi connectivity index (χ2v) is 6.19. The fraction of sp³-hybridized carbons (Fsp3) is 0.368. The Morgan fingerprint density at radius 1 is 1.39 bits per heavy atom. The Labute approximate surface area is 136 Å². The molecule has 3 rings (SSSR count). The van der Waals surface area contributed by atoms with Gasteiger partial charge in [0.25, 0.3) is 0 Å². The number of aromatic nitrogens is 1. The zero-order valence-corrected chi connectivity index (χ0v) is 13.3. The lowest BCUT2D eigenvalue weighted by atomic mass is 9.82. The molecule has 1 aromatic heterocycles. The number of carboxylic acid groups (broad SMARTS) is 1. The minimum atomic E-state index is -0.855. The van der Waals surface area contributed by atoms with Gasteiger partial charge in [-0.2, -0.15) is 0 Å². The zero-order valence-electron chi connectivity index (χ0n) is 13.3. The molecular formula is C19H22N2O2. The third kappa shape index (κ3) is 3.59. The van der Waals surface area contributed by atoms with Crippen LogP contribution in [0.3, 0.4) is 0 Å². The van der Waals surface area contributed by atoms with Crippen molar-refractivity contribution in [1.82, 2.24) is 10.3 Å². The summed E-state index contributed by atoms with van der Waals surface area (Å²) in [6.45, 7) is 2.95. The van der Waals surface area contributed by atoms with Gasteiger partial charge in [0, 0.05) is 18.8 Å². The van der Waals surface area contributed by atoms with E-state index in [4.69, 9.17) is 0 Å². The highest BCUT2D eigenvalue weighted by Crippen LogP contribution is 2.32. The van der Waals surface area contributed by atoms with Crippen molar-refractivity contribution in [2.24, 2.45) is 0 Å². The predicted octanol–water partition coefficient (Wildman–Crippen LogP) is 3.55. The van der Waals surface area contributed by atoms with Crippen LogP contribution in [0.5, 0.6) is 0 Å². The fourth-order valence-corrected chi connectivity index (χ4v) is 3.30. The third-order valence-corrected chi connectivity index (χ3v) is 4.63. The molecular weight excluding hydrogens is 288 g/mol. The second-order valence-electron chi connectivity index (χ2n) is 6.19. The van der Waals surface area contributed by atoms with E-state index in [0.717, 1.165) is 31.5 Å². The minimum absolute atomic E-state index is 0.184. The Kier molecular flexibility index (Phi) is 4.72. The largest absolute Gasteiger partial charge is 0.478 e. The predicted molar refractivity (Wildman–Crippen MR) is 89.7 cm³/mol. The van der Waals surface area contributed by atoms with E-state index >= 15 is 0 Å². The molecule has 2 atom stereocenters. The lowest BCUT2D eigenvalue weighted by molar-refractivity contribution is 0.0696. The number of nitrogens with one attached hydrogen (secondary N) is 1. The van der Waals surface area contributed by atoms with Crippen LogP contribution in [0.4, 0.5) is 0 Å². The maximum Gasteiger partial charge on any atom is 0.335 e. The summed E-state index contributed by atoms with van der Waals surface area (Å²) >= 11 is 0. The second kappa shape index (κ2) is 6.92. The van der Waals surface area contributed by atoms with Crippen molar-refractivity contribution < 1.29 is 9.90 Å². The molecule has 4 heteroatoms. The summed E-state index contributed by atoms with van der Waals surface area (Å²) in [6.07, 6.45) is 5.10. The molecule has 0 amide bonds. The maximum absolute atomic E-state index is 11.2. The van der Waals surface area contributed by atoms with Crippen LogP contribution in [0.1, 0.15) is 58.9 Å². The third-order valence-electron chi connectivity index (χ3n) is 4.63. The molecule has 1 heterocycles. The summed E-state index contributed by atoms with van der Waals surface area (Å²) in [6, 6.07) is 11.7. The van der Waals surface area contributed by atoms with Gasteiger partial charge < -0.3 is 10.4 Å². The number of nitrogens with zero attached hydrogens (tertiary/aromatic N) is 1. The molecule has 2 unspecified atom stereocenters. The minimum Gasteiger partial charge on any atom is -0.478 e. The van der Waals surface area contributed by atoms with Gasteiger partial charge in [0.05, 0.1) is 11.3 Å². The number of carboxylic acids is 1. The highest BCUT2D eigenvalue weighted by Gasteiger charge is 2.22. The molecule has 0 fully saturated rings. The molecule has 0 spiro atoms. The number of hydrogen-bond donors (Lipinski definition) is 2. The van der Waals surface area contributed by atoms with Crippen LogP contribution in [0.15, 0.2) is 42.6 Å². The van der Waals surface area contributed by atoms with Crippen LogP contribution in [-0.2, 0) is 6.42 Å². The number of rotatable bonds is 5. The van der Waals surface area contributed by atoms with E-state index in [-0.39, 0.29) is 6.04 Å². The fourth-order valence-electron chi connectivity index (χ4n) is 3.30. The van der Waals surface area contributed by atoms with Gasteiger partial charge in [-0.05, 0) is 67.5 Å². The molecule has 1 aromatic carbocycles. The van der Waals surface area contributed by atoms with Crippen LogP contribution in [0, 0.1) is 0 Å². The number of benzene rings is 1. The highest BCUT2D eigenvalue weighted by molar-refractivity contribution is 5.88. The molecule has 1 aliphatic rings. The summed E-state index contributed by atoms with van der Waals surface area (Å²) in [5, 5.41) is 12.8. The van der Waals surface area contributed by atoms with Crippen LogP contribution in [0.2, 0.25) is 0 Å². The molecule has 2 N–H and O–H groups in total. The van der Waals surface area contributed by atoms with Crippen LogP contribution in [-0.4, -0.2) is 22.6 Å². The Morgan fingerprint density at radius 3 is 3.00 bits per heavy atom. The lowest BCUT2D eigenvalue weighted by Crippen LogP contribution is -2.27. The molecule has 0 saturated heterocycles. The summed E-state index contributed by atoms with van der Waals surface area (Å²) in [5.74, 6) is -0.490. The molecule has 23 heavy (non-hydrogen) atoms. The smallest absolute Gasteiger partial charge is 0.335 e. The highest BCUT2D eigenvalue weighted by atomic mass is 16.4. The van der Waals surface area contributed by atoms with Gasteiger partial charge >= 0.3 is 5.97 Å². The summed E-state index contributed by atoms with van der Waals surface area (Å²) in [5.41, 5.74) is 3.90. The molecule has 0 bridgehead atoms. The van der Waals surface area contributed by atoms with Gasteiger partial charge in [-0.1, -0.05) is 12.1 Å². The van der Waals surface area contributed by atoms with Crippen molar-refractivity contribution in [3.63, 3.8) is 0 Å². The van der Waals surface area contributed by atoms with E-state index in [9.17, 15) is 9.90 Å². The Balaban J connectivity index is 1.73. The summed E-state index contributed by atoms with van der Waals surface area (Å²) < 4.78 is 0. The van der Waals surface area contributed by atoms with E-state index in [0.29, 0.717) is 11.5 Å². The number of aryl methyl sites for hydroxylation is 1. The first-order chi connectivity index (χ1) is 11.1. The molecule has 1 aliphatic carbocycles. The van der Waals surface area contributed by atoms with Gasteiger partial charge in [-0.15, -0.1) is 0 Å². The zero-order chi connectivity index (χ0) is 16.2. The van der Waals surface area contributed by atoms with Crippen molar-refractivity contribution >= 4 is 5.97 Å². The molecule has 0 aliphatic heterocycles. The van der Waals surface area contributed by atoms with Gasteiger partial charge in [-0.25, -0.2) is 4.79 Å². The molecule has 0 saturated carbocycles. The van der Waals surface area contributed by atoms with Gasteiger partial charge in [0.15, 0.2) is 0 Å². The van der Waals surface area contributed by atoms with E-state index < -0.39 is 5.97 Å². The van der Waals surface area contributed by atoms with E-state index in [1.54, 1.807) is 6.07 Å². The van der Waals surface area contributed by atoms with E-state index in [1.165, 1.54) is 11.1 Å². The number of aromatic carboxylic acids is 1. The first kappa shape index (κ1) is 15.7. The van der Waals surface area contributed by atoms with Gasteiger partial charge in [0.1, 0.15) is 0 Å². The number of fused-ring (bicyclic) bond motifs is 1. The molecule has 2 aromatic rings. The van der Waals surface area contributed by atoms with Crippen molar-refractivity contribution in [3.8, 4) is 0 Å². The first-order valence-electron chi connectivity index (χ1n) is 8.15. The lowest BCUT2D eigenvalue weighted by Gasteiger charge is -2.27. The number of pyridine rings is 1. The summed E-state index contributed by atoms with van der Waals surface area (Å²) in [4.78, 5) is 15.6. The van der Waals surface area contributed by atoms with E-state index in [1.807, 2.05) is 36.5 Å². The Hall–Kier alpha value is -2.20. The van der Waals surface area contributed by atoms with Crippen LogP contribution >= 0.6 is 0 Å². The Morgan fingerprint density at radius 2 is 2.26 bits per heavy atom. The maximum atomic E-state index is 11.2. The average Bonchev–Trinajstić information content (AvgIpc) is 2.59. The molecule has 4 nitrogen and oxygen atoms in total. The number of hydrogen-bond acceptors (Lipinski definition) is 3. The van der Waals surface area contributed by atoms with Crippen molar-refractivity contribution in [2.75, 3.05) is 6.54 Å². The van der Waals surface area contributed by atoms with Gasteiger partial charge in [0.2, 0.25) is 0 Å². The topological polar surface area (TPSA) is 62.2 Å². The molecule has 120 valence electrons. The van der Waals surface area contributed by atoms with Gasteiger partial charge in [-0.3, -0.25) is 4.98 Å². The Bertz CT molecular complexity index is 685. The SMILES string of the molecule is CC(NCC1CCCc2ccc(C(=O)O)cc21)c1ccccn1. The van der Waals surface area contributed by atoms with Crippen molar-refractivity contribution in [2.45, 2.75) is 38.1 Å². The van der Waals surface area contributed by atoms with Crippen LogP contribution in [0.25, 0.3) is 0 Å². The normalized spacial score (nSPS) is 18.2. The standard InChI is InChI=1S/C19H22N2O2/c1-13(18-7-2-3-10-20-18)21-12-16-6-4-5-14-8-9-15(19(22)23)11-17(14)16/h2-3,7-11,13,16,21H,4-6,12H2,1H3,(H,22,23). The summed E-state index contributed by atoms with van der Waals surface area (Å²) in [7, 11) is 0. The van der Waals surface area contributed by atoms with Crippen molar-refractivity contribution in [1.29, 1.82) is 0 Å². The monoisotopic (exact) mass is 310 g/mol. The average molecular weight is 310 g/mol.